The quantitative estimate of drug-likeness (QED) is 0.164. The Bertz CT molecular complexity index is 648. The first-order valence-corrected chi connectivity index (χ1v) is 12.2. The highest BCUT2D eigenvalue weighted by atomic mass is 32.1. The number of phenols is 1. The van der Waals surface area contributed by atoms with Crippen LogP contribution in [0.3, 0.4) is 0 Å². The van der Waals surface area contributed by atoms with Gasteiger partial charge in [0.15, 0.2) is 11.5 Å². The molecule has 1 aromatic rings. The molecule has 1 aromatic carbocycles. The molecule has 4 heteroatoms. The Kier molecular flexibility index (Phi) is 15.8. The molecule has 0 saturated carbocycles. The van der Waals surface area contributed by atoms with E-state index in [4.69, 9.17) is 17.0 Å². The maximum Gasteiger partial charge on any atom is 0.160 e. The van der Waals surface area contributed by atoms with E-state index in [1.54, 1.807) is 13.2 Å². The lowest BCUT2D eigenvalue weighted by Crippen LogP contribution is -2.20. The van der Waals surface area contributed by atoms with E-state index < -0.39 is 0 Å². The van der Waals surface area contributed by atoms with E-state index in [1.807, 2.05) is 12.1 Å². The fraction of sp³-hybridized carbons (Fsp3) is 0.654. The molecule has 0 aliphatic carbocycles. The number of ether oxygens (including phenoxy) is 1. The number of phenolic OH excluding ortho intramolecular Hbond substituents is 1. The first-order chi connectivity index (χ1) is 14.7. The van der Waals surface area contributed by atoms with Gasteiger partial charge in [0.2, 0.25) is 0 Å². The molecule has 0 heterocycles. The van der Waals surface area contributed by atoms with E-state index in [0.717, 1.165) is 36.2 Å². The van der Waals surface area contributed by atoms with Gasteiger partial charge >= 0.3 is 0 Å². The number of methoxy groups -OCH3 is 1. The molecule has 0 spiro atoms. The zero-order valence-corrected chi connectivity index (χ0v) is 19.9. The highest BCUT2D eigenvalue weighted by Gasteiger charge is 2.03. The topological polar surface area (TPSA) is 41.5 Å². The van der Waals surface area contributed by atoms with Crippen molar-refractivity contribution >= 4 is 17.2 Å². The molecule has 0 saturated heterocycles. The van der Waals surface area contributed by atoms with Crippen LogP contribution in [0, 0.1) is 11.8 Å². The number of unbranched alkanes of at least 4 members (excludes halogenated alkanes) is 11. The Morgan fingerprint density at radius 2 is 1.53 bits per heavy atom. The minimum atomic E-state index is 0.160. The SMILES string of the molecule is CCCCCCCCC#CCCCCCCCC(=S)NCc1ccc(O)c(OC)c1. The predicted octanol–water partition coefficient (Wildman–Crippen LogP) is 7.30. The van der Waals surface area contributed by atoms with Gasteiger partial charge in [-0.3, -0.25) is 0 Å². The predicted molar refractivity (Wildman–Crippen MR) is 132 cm³/mol. The third kappa shape index (κ3) is 13.5. The molecule has 0 aliphatic rings. The minimum Gasteiger partial charge on any atom is -0.504 e. The molecule has 0 atom stereocenters. The normalized spacial score (nSPS) is 10.3. The van der Waals surface area contributed by atoms with Gasteiger partial charge in [-0.1, -0.05) is 76.6 Å². The van der Waals surface area contributed by atoms with Crippen molar-refractivity contribution in [2.24, 2.45) is 0 Å². The first-order valence-electron chi connectivity index (χ1n) is 11.8. The average Bonchev–Trinajstić information content (AvgIpc) is 2.75. The molecular weight excluding hydrogens is 390 g/mol. The molecule has 0 radical (unpaired) electrons. The average molecular weight is 432 g/mol. The summed E-state index contributed by atoms with van der Waals surface area (Å²) in [6.45, 7) is 2.92. The lowest BCUT2D eigenvalue weighted by Gasteiger charge is -2.10. The highest BCUT2D eigenvalue weighted by Crippen LogP contribution is 2.26. The van der Waals surface area contributed by atoms with Crippen LogP contribution in [-0.4, -0.2) is 17.2 Å². The van der Waals surface area contributed by atoms with Crippen LogP contribution in [-0.2, 0) is 6.54 Å². The van der Waals surface area contributed by atoms with Crippen molar-refractivity contribution < 1.29 is 9.84 Å². The van der Waals surface area contributed by atoms with Crippen molar-refractivity contribution in [1.29, 1.82) is 0 Å². The Morgan fingerprint density at radius 3 is 2.17 bits per heavy atom. The van der Waals surface area contributed by atoms with Crippen LogP contribution in [0.4, 0.5) is 0 Å². The minimum absolute atomic E-state index is 0.160. The Morgan fingerprint density at radius 1 is 0.933 bits per heavy atom. The van der Waals surface area contributed by atoms with Crippen LogP contribution < -0.4 is 10.1 Å². The fourth-order valence-corrected chi connectivity index (χ4v) is 3.54. The van der Waals surface area contributed by atoms with Crippen LogP contribution in [0.2, 0.25) is 0 Å². The van der Waals surface area contributed by atoms with Crippen LogP contribution in [0.15, 0.2) is 18.2 Å². The van der Waals surface area contributed by atoms with Gasteiger partial charge in [0, 0.05) is 19.4 Å². The van der Waals surface area contributed by atoms with Crippen molar-refractivity contribution in [2.75, 3.05) is 7.11 Å². The van der Waals surface area contributed by atoms with Crippen molar-refractivity contribution in [1.82, 2.24) is 5.32 Å². The maximum atomic E-state index is 9.64. The number of hydrogen-bond donors (Lipinski definition) is 2. The molecule has 0 aliphatic heterocycles. The number of thiocarbonyl (C=S) groups is 1. The van der Waals surface area contributed by atoms with E-state index >= 15 is 0 Å². The molecule has 1 rings (SSSR count). The van der Waals surface area contributed by atoms with Gasteiger partial charge in [-0.25, -0.2) is 0 Å². The Balaban J connectivity index is 1.94. The monoisotopic (exact) mass is 431 g/mol. The van der Waals surface area contributed by atoms with Gasteiger partial charge in [-0.15, -0.1) is 11.8 Å². The Hall–Kier alpha value is -1.73. The third-order valence-corrected chi connectivity index (χ3v) is 5.57. The second kappa shape index (κ2) is 18.1. The zero-order chi connectivity index (χ0) is 21.9. The zero-order valence-electron chi connectivity index (χ0n) is 19.1. The summed E-state index contributed by atoms with van der Waals surface area (Å²) in [5.74, 6) is 7.32. The summed E-state index contributed by atoms with van der Waals surface area (Å²) in [4.78, 5) is 0.905. The second-order valence-electron chi connectivity index (χ2n) is 7.92. The summed E-state index contributed by atoms with van der Waals surface area (Å²) < 4.78 is 5.13. The van der Waals surface area contributed by atoms with E-state index in [1.165, 1.54) is 64.2 Å². The summed E-state index contributed by atoms with van der Waals surface area (Å²) in [5, 5.41) is 12.9. The molecule has 30 heavy (non-hydrogen) atoms. The molecule has 0 bridgehead atoms. The summed E-state index contributed by atoms with van der Waals surface area (Å²) in [6, 6.07) is 5.36. The largest absolute Gasteiger partial charge is 0.504 e. The van der Waals surface area contributed by atoms with Gasteiger partial charge in [-0.05, 0) is 43.4 Å². The van der Waals surface area contributed by atoms with E-state index in [0.29, 0.717) is 12.3 Å². The lowest BCUT2D eigenvalue weighted by atomic mass is 10.1. The van der Waals surface area contributed by atoms with Crippen LogP contribution in [0.25, 0.3) is 0 Å². The van der Waals surface area contributed by atoms with Gasteiger partial charge in [-0.2, -0.15) is 0 Å². The standard InChI is InChI=1S/C26H41NO2S/c1-3-4-5-6-7-8-9-10-11-12-13-14-15-16-17-18-26(30)27-22-23-19-20-24(28)25(21-23)29-2/h19-21,28H,3-9,12-18,22H2,1-2H3,(H,27,30). The van der Waals surface area contributed by atoms with Crippen LogP contribution in [0.5, 0.6) is 11.5 Å². The molecule has 2 N–H and O–H groups in total. The summed E-state index contributed by atoms with van der Waals surface area (Å²) in [7, 11) is 1.56. The van der Waals surface area contributed by atoms with Crippen LogP contribution in [0.1, 0.15) is 102 Å². The molecule has 3 nitrogen and oxygen atoms in total. The highest BCUT2D eigenvalue weighted by molar-refractivity contribution is 7.80. The van der Waals surface area contributed by atoms with Gasteiger partial charge in [0.05, 0.1) is 12.1 Å². The summed E-state index contributed by atoms with van der Waals surface area (Å²) >= 11 is 5.43. The number of hydrogen-bond acceptors (Lipinski definition) is 3. The molecule has 0 aromatic heterocycles. The van der Waals surface area contributed by atoms with Crippen molar-refractivity contribution in [3.63, 3.8) is 0 Å². The van der Waals surface area contributed by atoms with E-state index in [9.17, 15) is 5.11 Å². The summed E-state index contributed by atoms with van der Waals surface area (Å²) in [6.07, 6.45) is 17.2. The third-order valence-electron chi connectivity index (χ3n) is 5.22. The number of aromatic hydroxyl groups is 1. The van der Waals surface area contributed by atoms with Gasteiger partial charge in [0.1, 0.15) is 0 Å². The maximum absolute atomic E-state index is 9.64. The Labute approximate surface area is 190 Å². The number of nitrogens with one attached hydrogen (secondary N) is 1. The fourth-order valence-electron chi connectivity index (χ4n) is 3.32. The molecular formula is C26H41NO2S. The second-order valence-corrected chi connectivity index (χ2v) is 8.41. The first kappa shape index (κ1) is 26.3. The summed E-state index contributed by atoms with van der Waals surface area (Å²) in [5.41, 5.74) is 1.05. The lowest BCUT2D eigenvalue weighted by molar-refractivity contribution is 0.373. The smallest absolute Gasteiger partial charge is 0.160 e. The van der Waals surface area contributed by atoms with Crippen LogP contribution >= 0.6 is 12.2 Å². The van der Waals surface area contributed by atoms with Crippen molar-refractivity contribution in [3.05, 3.63) is 23.8 Å². The van der Waals surface area contributed by atoms with Crippen molar-refractivity contribution in [3.8, 4) is 23.3 Å². The van der Waals surface area contributed by atoms with Gasteiger partial charge < -0.3 is 15.2 Å². The molecule has 0 unspecified atom stereocenters. The van der Waals surface area contributed by atoms with Gasteiger partial charge in [0.25, 0.3) is 0 Å². The van der Waals surface area contributed by atoms with E-state index in [-0.39, 0.29) is 5.75 Å². The molecule has 0 fully saturated rings. The number of rotatable bonds is 16. The van der Waals surface area contributed by atoms with Crippen molar-refractivity contribution in [2.45, 2.75) is 103 Å². The molecule has 168 valence electrons. The van der Waals surface area contributed by atoms with E-state index in [2.05, 4.69) is 24.1 Å². The molecule has 0 amide bonds. The number of benzene rings is 1.